The number of esters is 1. The lowest BCUT2D eigenvalue weighted by atomic mass is 10.2. The van der Waals surface area contributed by atoms with Gasteiger partial charge in [-0.3, -0.25) is 14.9 Å². The molecule has 1 heterocycles. The monoisotopic (exact) mass is 398 g/mol. The zero-order chi connectivity index (χ0) is 17.0. The topological polar surface area (TPSA) is 98.5 Å². The largest absolute Gasteiger partial charge is 0.462 e. The Morgan fingerprint density at radius 1 is 1.35 bits per heavy atom. The van der Waals surface area contributed by atoms with E-state index in [0.29, 0.717) is 16.9 Å². The Kier molecular flexibility index (Phi) is 5.45. The summed E-state index contributed by atoms with van der Waals surface area (Å²) in [6.07, 6.45) is 0. The number of benzene rings is 1. The second-order valence-electron chi connectivity index (χ2n) is 4.27. The third-order valence-corrected chi connectivity index (χ3v) is 4.26. The average molecular weight is 399 g/mol. The number of carbonyl (C=O) groups is 2. The van der Waals surface area contributed by atoms with Gasteiger partial charge in [-0.2, -0.15) is 0 Å². The number of ether oxygens (including phenoxy) is 1. The molecule has 120 valence electrons. The molecule has 0 aliphatic rings. The summed E-state index contributed by atoms with van der Waals surface area (Å²) in [6, 6.07) is 7.66. The fraction of sp³-hybridized carbons (Fsp3) is 0.143. The summed E-state index contributed by atoms with van der Waals surface area (Å²) in [7, 11) is 0. The van der Waals surface area contributed by atoms with Gasteiger partial charge < -0.3 is 10.1 Å². The van der Waals surface area contributed by atoms with E-state index in [-0.39, 0.29) is 22.2 Å². The summed E-state index contributed by atoms with van der Waals surface area (Å²) in [5.41, 5.74) is 0.327. The van der Waals surface area contributed by atoms with Gasteiger partial charge in [0.2, 0.25) is 0 Å². The Bertz CT molecular complexity index is 757. The molecule has 1 amide bonds. The van der Waals surface area contributed by atoms with Gasteiger partial charge >= 0.3 is 11.0 Å². The van der Waals surface area contributed by atoms with E-state index in [1.54, 1.807) is 31.2 Å². The molecule has 2 aromatic rings. The van der Waals surface area contributed by atoms with Crippen LogP contribution >= 0.6 is 27.3 Å². The molecule has 0 radical (unpaired) electrons. The highest BCUT2D eigenvalue weighted by Crippen LogP contribution is 2.34. The lowest BCUT2D eigenvalue weighted by molar-refractivity contribution is -0.380. The van der Waals surface area contributed by atoms with Gasteiger partial charge in [-0.1, -0.05) is 15.9 Å². The average Bonchev–Trinajstić information content (AvgIpc) is 2.92. The van der Waals surface area contributed by atoms with Gasteiger partial charge in [0.1, 0.15) is 10.6 Å². The van der Waals surface area contributed by atoms with E-state index in [1.165, 1.54) is 0 Å². The Balaban J connectivity index is 2.30. The summed E-state index contributed by atoms with van der Waals surface area (Å²) in [4.78, 5) is 34.3. The number of hydrogen-bond donors (Lipinski definition) is 1. The number of hydrogen-bond acceptors (Lipinski definition) is 6. The molecule has 1 N–H and O–H groups in total. The molecule has 0 fully saturated rings. The zero-order valence-corrected chi connectivity index (χ0v) is 14.3. The second-order valence-corrected chi connectivity index (χ2v) is 6.21. The number of nitrogens with zero attached hydrogens (tertiary/aromatic N) is 1. The van der Waals surface area contributed by atoms with Crippen LogP contribution in [-0.4, -0.2) is 23.4 Å². The van der Waals surface area contributed by atoms with Crippen LogP contribution in [0.3, 0.4) is 0 Å². The van der Waals surface area contributed by atoms with Crippen molar-refractivity contribution in [3.63, 3.8) is 0 Å². The van der Waals surface area contributed by atoms with Crippen molar-refractivity contribution in [2.24, 2.45) is 0 Å². The fourth-order valence-corrected chi connectivity index (χ4v) is 2.82. The van der Waals surface area contributed by atoms with Crippen molar-refractivity contribution in [1.82, 2.24) is 0 Å². The lowest BCUT2D eigenvalue weighted by Gasteiger charge is -2.05. The molecule has 1 aromatic heterocycles. The summed E-state index contributed by atoms with van der Waals surface area (Å²) in [5, 5.41) is 13.2. The number of nitro groups is 1. The molecule has 0 atom stereocenters. The predicted octanol–water partition coefficient (Wildman–Crippen LogP) is 3.85. The van der Waals surface area contributed by atoms with E-state index in [0.717, 1.165) is 10.5 Å². The van der Waals surface area contributed by atoms with Gasteiger partial charge in [0.25, 0.3) is 5.91 Å². The van der Waals surface area contributed by atoms with Crippen molar-refractivity contribution in [3.8, 4) is 0 Å². The molecule has 0 aliphatic carbocycles. The van der Waals surface area contributed by atoms with Gasteiger partial charge in [-0.25, -0.2) is 4.79 Å². The highest BCUT2D eigenvalue weighted by molar-refractivity contribution is 9.10. The van der Waals surface area contributed by atoms with Crippen LogP contribution in [0.15, 0.2) is 34.8 Å². The zero-order valence-electron chi connectivity index (χ0n) is 11.9. The van der Waals surface area contributed by atoms with Gasteiger partial charge in [0.15, 0.2) is 0 Å². The molecule has 23 heavy (non-hydrogen) atoms. The Hall–Kier alpha value is -2.26. The molecular weight excluding hydrogens is 388 g/mol. The molecule has 0 saturated heterocycles. The summed E-state index contributed by atoms with van der Waals surface area (Å²) < 4.78 is 5.67. The minimum atomic E-state index is -0.719. The molecule has 1 aromatic carbocycles. The van der Waals surface area contributed by atoms with Crippen LogP contribution in [-0.2, 0) is 4.74 Å². The molecule has 2 rings (SSSR count). The molecule has 0 saturated carbocycles. The highest BCUT2D eigenvalue weighted by atomic mass is 79.9. The van der Waals surface area contributed by atoms with Crippen molar-refractivity contribution < 1.29 is 19.2 Å². The second kappa shape index (κ2) is 7.34. The number of rotatable bonds is 5. The number of halogens is 1. The van der Waals surface area contributed by atoms with Gasteiger partial charge in [0.05, 0.1) is 11.5 Å². The Labute approximate surface area is 143 Å². The smallest absolute Gasteiger partial charge is 0.341 e. The van der Waals surface area contributed by atoms with Gasteiger partial charge in [-0.15, -0.1) is 0 Å². The van der Waals surface area contributed by atoms with Crippen LogP contribution in [0.5, 0.6) is 0 Å². The Morgan fingerprint density at radius 2 is 2.00 bits per heavy atom. The normalized spacial score (nSPS) is 10.2. The molecule has 0 unspecified atom stereocenters. The number of nitrogens with one attached hydrogen (secondary N) is 1. The maximum Gasteiger partial charge on any atom is 0.341 e. The van der Waals surface area contributed by atoms with Crippen molar-refractivity contribution in [1.29, 1.82) is 0 Å². The van der Waals surface area contributed by atoms with Crippen molar-refractivity contribution in [3.05, 3.63) is 56.0 Å². The van der Waals surface area contributed by atoms with E-state index in [4.69, 9.17) is 4.74 Å². The van der Waals surface area contributed by atoms with E-state index in [9.17, 15) is 19.7 Å². The van der Waals surface area contributed by atoms with Gasteiger partial charge in [-0.05, 0) is 42.5 Å². The van der Waals surface area contributed by atoms with Crippen LogP contribution in [0, 0.1) is 10.1 Å². The number of anilines is 1. The number of carbonyl (C=O) groups excluding carboxylic acids is 2. The maximum atomic E-state index is 12.2. The summed E-state index contributed by atoms with van der Waals surface area (Å²) in [5.74, 6) is -1.19. The minimum Gasteiger partial charge on any atom is -0.462 e. The molecule has 0 bridgehead atoms. The summed E-state index contributed by atoms with van der Waals surface area (Å²) in [6.45, 7) is 1.75. The molecule has 0 spiro atoms. The Morgan fingerprint density at radius 3 is 2.57 bits per heavy atom. The molecule has 9 heteroatoms. The van der Waals surface area contributed by atoms with Crippen molar-refractivity contribution in [2.75, 3.05) is 11.9 Å². The minimum absolute atomic E-state index is 0.0333. The van der Waals surface area contributed by atoms with Crippen LogP contribution in [0.25, 0.3) is 0 Å². The SMILES string of the molecule is CCOC(=O)c1cc([N+](=O)[O-])sc1NC(=O)c1ccc(Br)cc1. The maximum absolute atomic E-state index is 12.2. The lowest BCUT2D eigenvalue weighted by Crippen LogP contribution is -2.14. The standard InChI is InChI=1S/C14H11BrN2O5S/c1-2-22-14(19)10-7-11(17(20)21)23-13(10)16-12(18)8-3-5-9(15)6-4-8/h3-7H,2H2,1H3,(H,16,18). The van der Waals surface area contributed by atoms with E-state index in [1.807, 2.05) is 0 Å². The first-order valence-corrected chi connectivity index (χ1v) is 8.05. The van der Waals surface area contributed by atoms with Crippen LogP contribution in [0.2, 0.25) is 0 Å². The summed E-state index contributed by atoms with van der Waals surface area (Å²) >= 11 is 3.97. The highest BCUT2D eigenvalue weighted by Gasteiger charge is 2.24. The first kappa shape index (κ1) is 17.1. The van der Waals surface area contributed by atoms with Crippen LogP contribution < -0.4 is 5.32 Å². The molecule has 0 aliphatic heterocycles. The van der Waals surface area contributed by atoms with Crippen molar-refractivity contribution >= 4 is 49.1 Å². The number of amides is 1. The first-order chi connectivity index (χ1) is 10.9. The molecule has 7 nitrogen and oxygen atoms in total. The van der Waals surface area contributed by atoms with Crippen LogP contribution in [0.4, 0.5) is 10.0 Å². The van der Waals surface area contributed by atoms with Crippen molar-refractivity contribution in [2.45, 2.75) is 6.92 Å². The predicted molar refractivity (Wildman–Crippen MR) is 89.0 cm³/mol. The van der Waals surface area contributed by atoms with E-state index >= 15 is 0 Å². The van der Waals surface area contributed by atoms with Gasteiger partial charge in [0, 0.05) is 16.1 Å². The fourth-order valence-electron chi connectivity index (χ4n) is 1.70. The van der Waals surface area contributed by atoms with Crippen LogP contribution in [0.1, 0.15) is 27.6 Å². The quantitative estimate of drug-likeness (QED) is 0.468. The third-order valence-electron chi connectivity index (χ3n) is 2.73. The molecular formula is C14H11BrN2O5S. The number of thiophene rings is 1. The first-order valence-electron chi connectivity index (χ1n) is 6.44. The van der Waals surface area contributed by atoms with E-state index < -0.39 is 16.8 Å². The third kappa shape index (κ3) is 4.14. The van der Waals surface area contributed by atoms with E-state index in [2.05, 4.69) is 21.2 Å².